The number of nitrogens with zero attached hydrogens (tertiary/aromatic N) is 4. The summed E-state index contributed by atoms with van der Waals surface area (Å²) in [5.74, 6) is 2.06. The first kappa shape index (κ1) is 23.9. The summed E-state index contributed by atoms with van der Waals surface area (Å²) in [4.78, 5) is 0. The van der Waals surface area contributed by atoms with Crippen LogP contribution in [0.1, 0.15) is 76.8 Å². The van der Waals surface area contributed by atoms with Gasteiger partial charge in [0.2, 0.25) is 23.6 Å². The molecule has 2 aromatic heterocycles. The third-order valence-electron chi connectivity index (χ3n) is 6.53. The van der Waals surface area contributed by atoms with E-state index in [-0.39, 0.29) is 16.7 Å². The predicted octanol–water partition coefficient (Wildman–Crippen LogP) is 7.51. The van der Waals surface area contributed by atoms with Crippen LogP contribution in [0.3, 0.4) is 0 Å². The van der Waals surface area contributed by atoms with Crippen molar-refractivity contribution in [1.82, 2.24) is 20.4 Å². The molecule has 0 aliphatic heterocycles. The second-order valence-corrected chi connectivity index (χ2v) is 11.4. The van der Waals surface area contributed by atoms with Gasteiger partial charge in [0.05, 0.1) is 5.92 Å². The first-order valence-electron chi connectivity index (χ1n) is 12.3. The lowest BCUT2D eigenvalue weighted by molar-refractivity contribution is 0.482. The van der Waals surface area contributed by atoms with E-state index in [2.05, 4.69) is 92.3 Å². The summed E-state index contributed by atoms with van der Waals surface area (Å²) < 4.78 is 12.1. The van der Waals surface area contributed by atoms with Crippen molar-refractivity contribution in [3.05, 3.63) is 89.7 Å². The van der Waals surface area contributed by atoms with E-state index < -0.39 is 0 Å². The number of hydrogen-bond acceptors (Lipinski definition) is 6. The molecule has 1 aliphatic carbocycles. The Morgan fingerprint density at radius 1 is 0.639 bits per heavy atom. The summed E-state index contributed by atoms with van der Waals surface area (Å²) in [6, 6.07) is 16.6. The molecule has 0 saturated heterocycles. The van der Waals surface area contributed by atoms with Crippen molar-refractivity contribution in [3.8, 4) is 22.9 Å². The molecule has 1 atom stereocenters. The van der Waals surface area contributed by atoms with Crippen molar-refractivity contribution in [1.29, 1.82) is 0 Å². The van der Waals surface area contributed by atoms with Crippen molar-refractivity contribution < 1.29 is 8.83 Å². The van der Waals surface area contributed by atoms with Gasteiger partial charge in [-0.2, -0.15) is 0 Å². The third-order valence-corrected chi connectivity index (χ3v) is 6.53. The van der Waals surface area contributed by atoms with Crippen LogP contribution in [0.5, 0.6) is 0 Å². The molecule has 36 heavy (non-hydrogen) atoms. The number of allylic oxidation sites excluding steroid dienone is 4. The zero-order valence-electron chi connectivity index (χ0n) is 21.7. The SMILES string of the molecule is CC(C)(C)c1ccc(-c2nnc(C3=CC=CC(c4nnc(-c5ccc(C(C)(C)C)cc5)o4)C3)o2)cc1. The fraction of sp³-hybridized carbons (Fsp3) is 0.333. The van der Waals surface area contributed by atoms with Crippen molar-refractivity contribution in [3.63, 3.8) is 0 Å². The second kappa shape index (κ2) is 9.01. The molecular weight excluding hydrogens is 448 g/mol. The molecule has 5 rings (SSSR count). The minimum absolute atomic E-state index is 0.0542. The molecule has 0 bridgehead atoms. The fourth-order valence-electron chi connectivity index (χ4n) is 4.20. The minimum atomic E-state index is -0.0542. The lowest BCUT2D eigenvalue weighted by atomic mass is 9.87. The van der Waals surface area contributed by atoms with Gasteiger partial charge in [-0.3, -0.25) is 0 Å². The molecule has 2 aromatic carbocycles. The number of benzene rings is 2. The van der Waals surface area contributed by atoms with Gasteiger partial charge in [0.15, 0.2) is 0 Å². The molecule has 1 aliphatic rings. The van der Waals surface area contributed by atoms with Crippen LogP contribution in [-0.4, -0.2) is 20.4 Å². The quantitative estimate of drug-likeness (QED) is 0.301. The van der Waals surface area contributed by atoms with Crippen LogP contribution in [0.15, 0.2) is 75.6 Å². The summed E-state index contributed by atoms with van der Waals surface area (Å²) >= 11 is 0. The summed E-state index contributed by atoms with van der Waals surface area (Å²) in [5, 5.41) is 17.2. The van der Waals surface area contributed by atoms with Crippen LogP contribution in [0.4, 0.5) is 0 Å². The van der Waals surface area contributed by atoms with Crippen LogP contribution < -0.4 is 0 Å². The fourth-order valence-corrected chi connectivity index (χ4v) is 4.20. The average Bonchev–Trinajstić information content (AvgIpc) is 3.54. The largest absolute Gasteiger partial charge is 0.420 e. The molecule has 0 saturated carbocycles. The highest BCUT2D eigenvalue weighted by molar-refractivity contribution is 5.65. The highest BCUT2D eigenvalue weighted by Crippen LogP contribution is 2.35. The Labute approximate surface area is 212 Å². The molecule has 0 radical (unpaired) electrons. The highest BCUT2D eigenvalue weighted by Gasteiger charge is 2.24. The van der Waals surface area contributed by atoms with Gasteiger partial charge >= 0.3 is 0 Å². The minimum Gasteiger partial charge on any atom is -0.420 e. The predicted molar refractivity (Wildman–Crippen MR) is 141 cm³/mol. The van der Waals surface area contributed by atoms with Gasteiger partial charge in [-0.05, 0) is 52.6 Å². The maximum atomic E-state index is 6.06. The average molecular weight is 481 g/mol. The van der Waals surface area contributed by atoms with E-state index in [1.165, 1.54) is 11.1 Å². The van der Waals surface area contributed by atoms with E-state index in [4.69, 9.17) is 8.83 Å². The van der Waals surface area contributed by atoms with Gasteiger partial charge in [0, 0.05) is 16.7 Å². The highest BCUT2D eigenvalue weighted by atomic mass is 16.4. The molecule has 184 valence electrons. The molecular formula is C30H32N4O2. The number of aromatic nitrogens is 4. The Bertz CT molecular complexity index is 1410. The lowest BCUT2D eigenvalue weighted by Crippen LogP contribution is -2.10. The summed E-state index contributed by atoms with van der Waals surface area (Å²) in [6.45, 7) is 13.2. The zero-order valence-corrected chi connectivity index (χ0v) is 21.7. The molecule has 4 aromatic rings. The molecule has 2 heterocycles. The van der Waals surface area contributed by atoms with Crippen molar-refractivity contribution in [2.75, 3.05) is 0 Å². The zero-order chi connectivity index (χ0) is 25.5. The van der Waals surface area contributed by atoms with Gasteiger partial charge in [0.25, 0.3) is 0 Å². The summed E-state index contributed by atoms with van der Waals surface area (Å²) in [5.41, 5.74) is 5.48. The van der Waals surface area contributed by atoms with Crippen LogP contribution in [0.2, 0.25) is 0 Å². The standard InChI is InChI=1S/C30H32N4O2/c1-29(2,3)23-14-10-19(11-15-23)25-31-33-27(35-25)21-8-7-9-22(18-21)28-34-32-26(36-28)20-12-16-24(17-13-20)30(4,5)6/h7-17,21H,18H2,1-6H3. The Kier molecular flexibility index (Phi) is 5.99. The van der Waals surface area contributed by atoms with Gasteiger partial charge < -0.3 is 8.83 Å². The van der Waals surface area contributed by atoms with E-state index in [0.29, 0.717) is 30.0 Å². The Balaban J connectivity index is 1.30. The van der Waals surface area contributed by atoms with Crippen molar-refractivity contribution >= 4 is 5.57 Å². The molecule has 1 unspecified atom stereocenters. The summed E-state index contributed by atoms with van der Waals surface area (Å²) in [6.07, 6.45) is 6.68. The van der Waals surface area contributed by atoms with E-state index in [1.54, 1.807) is 0 Å². The molecule has 0 fully saturated rings. The number of hydrogen-bond donors (Lipinski definition) is 0. The van der Waals surface area contributed by atoms with Crippen molar-refractivity contribution in [2.24, 2.45) is 0 Å². The topological polar surface area (TPSA) is 77.8 Å². The third kappa shape index (κ3) is 4.94. The van der Waals surface area contributed by atoms with E-state index in [9.17, 15) is 0 Å². The second-order valence-electron chi connectivity index (χ2n) is 11.4. The summed E-state index contributed by atoms with van der Waals surface area (Å²) in [7, 11) is 0. The maximum absolute atomic E-state index is 6.06. The Hall–Kier alpha value is -3.80. The normalized spacial score (nSPS) is 16.3. The Morgan fingerprint density at radius 2 is 1.14 bits per heavy atom. The van der Waals surface area contributed by atoms with Gasteiger partial charge in [0.1, 0.15) is 0 Å². The van der Waals surface area contributed by atoms with Gasteiger partial charge in [-0.25, -0.2) is 0 Å². The first-order valence-corrected chi connectivity index (χ1v) is 12.3. The lowest BCUT2D eigenvalue weighted by Gasteiger charge is -2.18. The van der Waals surface area contributed by atoms with Crippen LogP contribution in [-0.2, 0) is 10.8 Å². The van der Waals surface area contributed by atoms with Crippen LogP contribution in [0.25, 0.3) is 28.5 Å². The molecule has 0 spiro atoms. The van der Waals surface area contributed by atoms with Crippen LogP contribution in [0, 0.1) is 0 Å². The van der Waals surface area contributed by atoms with E-state index >= 15 is 0 Å². The van der Waals surface area contributed by atoms with Gasteiger partial charge in [-0.1, -0.05) is 84.0 Å². The molecule has 0 amide bonds. The molecule has 6 nitrogen and oxygen atoms in total. The first-order chi connectivity index (χ1) is 17.1. The van der Waals surface area contributed by atoms with E-state index in [1.807, 2.05) is 36.4 Å². The molecule has 6 heteroatoms. The van der Waals surface area contributed by atoms with Crippen molar-refractivity contribution in [2.45, 2.75) is 64.7 Å². The van der Waals surface area contributed by atoms with Gasteiger partial charge in [-0.15, -0.1) is 20.4 Å². The molecule has 0 N–H and O–H groups in total. The van der Waals surface area contributed by atoms with E-state index in [0.717, 1.165) is 16.7 Å². The monoisotopic (exact) mass is 480 g/mol. The maximum Gasteiger partial charge on any atom is 0.248 e. The smallest absolute Gasteiger partial charge is 0.248 e. The van der Waals surface area contributed by atoms with Crippen LogP contribution >= 0.6 is 0 Å². The Morgan fingerprint density at radius 3 is 1.69 bits per heavy atom. The number of rotatable bonds is 4.